The van der Waals surface area contributed by atoms with E-state index >= 15 is 0 Å². The number of aliphatic carboxylic acids is 1. The van der Waals surface area contributed by atoms with E-state index in [1.807, 2.05) is 25.2 Å². The monoisotopic (exact) mass is 265 g/mol. The largest absolute Gasteiger partial charge is 0.481 e. The molecule has 0 radical (unpaired) electrons. The fourth-order valence-corrected chi connectivity index (χ4v) is 2.10. The summed E-state index contributed by atoms with van der Waals surface area (Å²) in [5.41, 5.74) is 1.14. The van der Waals surface area contributed by atoms with Crippen molar-refractivity contribution < 1.29 is 19.4 Å². The van der Waals surface area contributed by atoms with Gasteiger partial charge in [0, 0.05) is 12.5 Å². The number of benzene rings is 1. The first-order valence-corrected chi connectivity index (χ1v) is 6.39. The summed E-state index contributed by atoms with van der Waals surface area (Å²) in [6.07, 6.45) is 0.860. The zero-order valence-corrected chi connectivity index (χ0v) is 11.3. The molecule has 1 aliphatic heterocycles. The first-order chi connectivity index (χ1) is 9.08. The number of rotatable bonds is 6. The molecule has 5 nitrogen and oxygen atoms in total. The Labute approximate surface area is 112 Å². The third kappa shape index (κ3) is 3.38. The van der Waals surface area contributed by atoms with Gasteiger partial charge >= 0.3 is 5.97 Å². The van der Waals surface area contributed by atoms with Crippen LogP contribution in [0.4, 0.5) is 0 Å². The maximum absolute atomic E-state index is 10.5. The zero-order valence-electron chi connectivity index (χ0n) is 11.3. The highest BCUT2D eigenvalue weighted by Gasteiger charge is 2.17. The summed E-state index contributed by atoms with van der Waals surface area (Å²) in [5.74, 6) is 0.817. The molecule has 0 aliphatic carbocycles. The van der Waals surface area contributed by atoms with Crippen LogP contribution < -0.4 is 9.47 Å². The number of hydrogen-bond acceptors (Lipinski definition) is 4. The SMILES string of the molecule is CC(c1ccc2c(c1)OCO2)N(C)CCCC(=O)O. The van der Waals surface area contributed by atoms with Gasteiger partial charge in [-0.1, -0.05) is 6.07 Å². The summed E-state index contributed by atoms with van der Waals surface area (Å²) in [5, 5.41) is 8.64. The van der Waals surface area contributed by atoms with Gasteiger partial charge in [0.2, 0.25) is 6.79 Å². The van der Waals surface area contributed by atoms with Crippen LogP contribution in [-0.4, -0.2) is 36.4 Å². The van der Waals surface area contributed by atoms with Crippen LogP contribution in [0, 0.1) is 0 Å². The minimum absolute atomic E-state index is 0.207. The number of carboxylic acid groups (broad SMARTS) is 1. The Bertz CT molecular complexity index is 461. The van der Waals surface area contributed by atoms with Gasteiger partial charge in [0.05, 0.1) is 0 Å². The molecule has 1 N–H and O–H groups in total. The highest BCUT2D eigenvalue weighted by atomic mass is 16.7. The van der Waals surface area contributed by atoms with E-state index in [0.29, 0.717) is 6.42 Å². The van der Waals surface area contributed by atoms with Crippen molar-refractivity contribution in [3.05, 3.63) is 23.8 Å². The second-order valence-electron chi connectivity index (χ2n) is 4.77. The standard InChI is InChI=1S/C14H19NO4/c1-10(15(2)7-3-4-14(16)17)11-5-6-12-13(8-11)19-9-18-12/h5-6,8,10H,3-4,7,9H2,1-2H3,(H,16,17). The highest BCUT2D eigenvalue weighted by Crippen LogP contribution is 2.35. The van der Waals surface area contributed by atoms with Crippen molar-refractivity contribution in [2.75, 3.05) is 20.4 Å². The van der Waals surface area contributed by atoms with E-state index in [1.54, 1.807) is 0 Å². The van der Waals surface area contributed by atoms with E-state index < -0.39 is 5.97 Å². The summed E-state index contributed by atoms with van der Waals surface area (Å²) >= 11 is 0. The second-order valence-corrected chi connectivity index (χ2v) is 4.77. The van der Waals surface area contributed by atoms with E-state index in [1.165, 1.54) is 0 Å². The Morgan fingerprint density at radius 1 is 1.42 bits per heavy atom. The van der Waals surface area contributed by atoms with Crippen LogP contribution >= 0.6 is 0 Å². The quantitative estimate of drug-likeness (QED) is 0.855. The highest BCUT2D eigenvalue weighted by molar-refractivity contribution is 5.66. The molecule has 19 heavy (non-hydrogen) atoms. The molecule has 1 unspecified atom stereocenters. The van der Waals surface area contributed by atoms with Gasteiger partial charge in [-0.15, -0.1) is 0 Å². The van der Waals surface area contributed by atoms with Crippen molar-refractivity contribution in [2.24, 2.45) is 0 Å². The Balaban J connectivity index is 1.94. The number of carbonyl (C=O) groups is 1. The van der Waals surface area contributed by atoms with Gasteiger partial charge in [-0.05, 0) is 44.6 Å². The number of ether oxygens (including phenoxy) is 2. The topological polar surface area (TPSA) is 59.0 Å². The van der Waals surface area contributed by atoms with Crippen molar-refractivity contribution in [1.29, 1.82) is 0 Å². The summed E-state index contributed by atoms with van der Waals surface area (Å²) < 4.78 is 10.6. The van der Waals surface area contributed by atoms with Gasteiger partial charge < -0.3 is 14.6 Å². The van der Waals surface area contributed by atoms with Crippen LogP contribution in [0.2, 0.25) is 0 Å². The lowest BCUT2D eigenvalue weighted by atomic mass is 10.1. The Morgan fingerprint density at radius 2 is 2.16 bits per heavy atom. The van der Waals surface area contributed by atoms with Crippen molar-refractivity contribution >= 4 is 5.97 Å². The van der Waals surface area contributed by atoms with E-state index in [2.05, 4.69) is 11.8 Å². The summed E-state index contributed by atoms with van der Waals surface area (Å²) in [4.78, 5) is 12.6. The summed E-state index contributed by atoms with van der Waals surface area (Å²) in [6.45, 7) is 3.13. The molecule has 0 spiro atoms. The number of hydrogen-bond donors (Lipinski definition) is 1. The maximum Gasteiger partial charge on any atom is 0.303 e. The molecule has 0 saturated carbocycles. The van der Waals surface area contributed by atoms with Crippen LogP contribution in [0.15, 0.2) is 18.2 Å². The fraction of sp³-hybridized carbons (Fsp3) is 0.500. The van der Waals surface area contributed by atoms with Crippen molar-refractivity contribution in [3.8, 4) is 11.5 Å². The van der Waals surface area contributed by atoms with Gasteiger partial charge in [0.25, 0.3) is 0 Å². The second kappa shape index (κ2) is 5.93. The van der Waals surface area contributed by atoms with Gasteiger partial charge in [-0.3, -0.25) is 9.69 Å². The number of nitrogens with zero attached hydrogens (tertiary/aromatic N) is 1. The molecule has 2 rings (SSSR count). The smallest absolute Gasteiger partial charge is 0.303 e. The predicted octanol–water partition coefficient (Wildman–Crippen LogP) is 2.27. The molecular weight excluding hydrogens is 246 g/mol. The minimum atomic E-state index is -0.746. The van der Waals surface area contributed by atoms with Crippen LogP contribution in [0.5, 0.6) is 11.5 Å². The Kier molecular flexibility index (Phi) is 4.27. The molecule has 0 bridgehead atoms. The Hall–Kier alpha value is -1.75. The molecule has 0 aromatic heterocycles. The lowest BCUT2D eigenvalue weighted by Gasteiger charge is -2.25. The van der Waals surface area contributed by atoms with E-state index in [0.717, 1.165) is 23.6 Å². The van der Waals surface area contributed by atoms with E-state index in [-0.39, 0.29) is 19.3 Å². The number of carboxylic acids is 1. The van der Waals surface area contributed by atoms with E-state index in [4.69, 9.17) is 14.6 Å². The van der Waals surface area contributed by atoms with Crippen LogP contribution in [-0.2, 0) is 4.79 Å². The molecule has 1 aliphatic rings. The third-order valence-corrected chi connectivity index (χ3v) is 3.44. The lowest BCUT2D eigenvalue weighted by molar-refractivity contribution is -0.137. The average Bonchev–Trinajstić information content (AvgIpc) is 2.84. The van der Waals surface area contributed by atoms with E-state index in [9.17, 15) is 4.79 Å². The first kappa shape index (κ1) is 13.7. The normalized spacial score (nSPS) is 14.7. The number of fused-ring (bicyclic) bond motifs is 1. The van der Waals surface area contributed by atoms with Crippen LogP contribution in [0.1, 0.15) is 31.4 Å². The zero-order chi connectivity index (χ0) is 13.8. The Morgan fingerprint density at radius 3 is 2.89 bits per heavy atom. The van der Waals surface area contributed by atoms with Crippen molar-refractivity contribution in [2.45, 2.75) is 25.8 Å². The molecule has 0 saturated heterocycles. The molecule has 0 amide bonds. The molecular formula is C14H19NO4. The molecule has 0 fully saturated rings. The molecule has 1 aromatic carbocycles. The summed E-state index contributed by atoms with van der Waals surface area (Å²) in [6, 6.07) is 6.13. The summed E-state index contributed by atoms with van der Waals surface area (Å²) in [7, 11) is 2.00. The van der Waals surface area contributed by atoms with Gasteiger partial charge in [-0.2, -0.15) is 0 Å². The molecule has 1 aromatic rings. The maximum atomic E-state index is 10.5. The molecule has 104 valence electrons. The third-order valence-electron chi connectivity index (χ3n) is 3.44. The lowest BCUT2D eigenvalue weighted by Crippen LogP contribution is -2.24. The fourth-order valence-electron chi connectivity index (χ4n) is 2.10. The van der Waals surface area contributed by atoms with Crippen LogP contribution in [0.25, 0.3) is 0 Å². The van der Waals surface area contributed by atoms with Gasteiger partial charge in [0.1, 0.15) is 0 Å². The molecule has 1 heterocycles. The molecule has 1 atom stereocenters. The first-order valence-electron chi connectivity index (χ1n) is 6.39. The predicted molar refractivity (Wildman–Crippen MR) is 70.5 cm³/mol. The van der Waals surface area contributed by atoms with Crippen molar-refractivity contribution in [1.82, 2.24) is 4.90 Å². The van der Waals surface area contributed by atoms with Crippen molar-refractivity contribution in [3.63, 3.8) is 0 Å². The minimum Gasteiger partial charge on any atom is -0.481 e. The van der Waals surface area contributed by atoms with Gasteiger partial charge in [0.15, 0.2) is 11.5 Å². The van der Waals surface area contributed by atoms with Gasteiger partial charge in [-0.25, -0.2) is 0 Å². The molecule has 5 heteroatoms. The van der Waals surface area contributed by atoms with Crippen LogP contribution in [0.3, 0.4) is 0 Å². The average molecular weight is 265 g/mol.